The van der Waals surface area contributed by atoms with Gasteiger partial charge in [-0.05, 0) is 6.07 Å². The second-order valence-corrected chi connectivity index (χ2v) is 3.71. The zero-order valence-corrected chi connectivity index (χ0v) is 8.04. The lowest BCUT2D eigenvalue weighted by Gasteiger charge is -1.91. The van der Waals surface area contributed by atoms with Gasteiger partial charge in [0, 0.05) is 24.4 Å². The number of nitrogens with one attached hydrogen (secondary N) is 1. The third-order valence-electron chi connectivity index (χ3n) is 1.66. The van der Waals surface area contributed by atoms with Gasteiger partial charge >= 0.3 is 0 Å². The zero-order chi connectivity index (χ0) is 9.97. The van der Waals surface area contributed by atoms with Crippen LogP contribution in [0, 0.1) is 0 Å². The molecule has 0 atom stereocenters. The minimum Gasteiger partial charge on any atom is -0.329 e. The van der Waals surface area contributed by atoms with E-state index in [1.165, 1.54) is 17.4 Å². The third-order valence-corrected chi connectivity index (χ3v) is 2.66. The maximum Gasteiger partial charge on any atom is 0.248 e. The summed E-state index contributed by atoms with van der Waals surface area (Å²) in [5, 5.41) is 9.29. The summed E-state index contributed by atoms with van der Waals surface area (Å²) in [6.07, 6.45) is 1.58. The van der Waals surface area contributed by atoms with Gasteiger partial charge in [0.05, 0.1) is 0 Å². The van der Waals surface area contributed by atoms with Gasteiger partial charge in [0.15, 0.2) is 0 Å². The van der Waals surface area contributed by atoms with Crippen molar-refractivity contribution in [1.29, 1.82) is 0 Å². The molecule has 5 nitrogen and oxygen atoms in total. The highest BCUT2D eigenvalue weighted by atomic mass is 32.1. The van der Waals surface area contributed by atoms with E-state index in [0.29, 0.717) is 6.54 Å². The first kappa shape index (κ1) is 9.04. The number of hydrogen-bond acceptors (Lipinski definition) is 5. The first-order valence-electron chi connectivity index (χ1n) is 4.01. The van der Waals surface area contributed by atoms with E-state index in [-0.39, 0.29) is 5.56 Å². The molecule has 2 rings (SSSR count). The van der Waals surface area contributed by atoms with E-state index in [9.17, 15) is 4.79 Å². The SMILES string of the molecule is NCc1nnc(-c2cc[nH]c(=O)c2)s1. The molecule has 0 aromatic carbocycles. The molecular weight excluding hydrogens is 200 g/mol. The van der Waals surface area contributed by atoms with Gasteiger partial charge in [0.2, 0.25) is 5.56 Å². The Bertz CT molecular complexity index is 490. The van der Waals surface area contributed by atoms with E-state index in [1.807, 2.05) is 0 Å². The molecule has 0 saturated heterocycles. The van der Waals surface area contributed by atoms with Gasteiger partial charge in [-0.1, -0.05) is 11.3 Å². The maximum atomic E-state index is 11.0. The Morgan fingerprint density at radius 1 is 1.50 bits per heavy atom. The van der Waals surface area contributed by atoms with Gasteiger partial charge in [-0.25, -0.2) is 0 Å². The van der Waals surface area contributed by atoms with E-state index in [0.717, 1.165) is 15.6 Å². The molecule has 0 aliphatic carbocycles. The average Bonchev–Trinajstić information content (AvgIpc) is 2.66. The summed E-state index contributed by atoms with van der Waals surface area (Å²) in [4.78, 5) is 13.6. The van der Waals surface area contributed by atoms with Crippen molar-refractivity contribution in [2.24, 2.45) is 5.73 Å². The van der Waals surface area contributed by atoms with E-state index in [4.69, 9.17) is 5.73 Å². The lowest BCUT2D eigenvalue weighted by atomic mass is 10.3. The second-order valence-electron chi connectivity index (χ2n) is 2.65. The zero-order valence-electron chi connectivity index (χ0n) is 7.23. The van der Waals surface area contributed by atoms with Crippen molar-refractivity contribution >= 4 is 11.3 Å². The fourth-order valence-corrected chi connectivity index (χ4v) is 1.75. The van der Waals surface area contributed by atoms with Crippen LogP contribution in [0.25, 0.3) is 10.6 Å². The molecule has 0 radical (unpaired) electrons. The van der Waals surface area contributed by atoms with E-state index >= 15 is 0 Å². The second kappa shape index (κ2) is 3.69. The van der Waals surface area contributed by atoms with Crippen LogP contribution in [0.5, 0.6) is 0 Å². The molecule has 0 unspecified atom stereocenters. The van der Waals surface area contributed by atoms with Crippen LogP contribution in [0.15, 0.2) is 23.1 Å². The Labute approximate surface area is 83.6 Å². The van der Waals surface area contributed by atoms with Gasteiger partial charge in [-0.15, -0.1) is 10.2 Å². The number of H-pyrrole nitrogens is 1. The normalized spacial score (nSPS) is 10.4. The maximum absolute atomic E-state index is 11.0. The Kier molecular flexibility index (Phi) is 2.38. The summed E-state index contributed by atoms with van der Waals surface area (Å²) >= 11 is 1.39. The molecule has 0 bridgehead atoms. The quantitative estimate of drug-likeness (QED) is 0.745. The predicted molar refractivity (Wildman–Crippen MR) is 53.9 cm³/mol. The molecule has 2 heterocycles. The lowest BCUT2D eigenvalue weighted by Crippen LogP contribution is -2.01. The number of rotatable bonds is 2. The highest BCUT2D eigenvalue weighted by Crippen LogP contribution is 2.21. The molecule has 0 fully saturated rings. The molecule has 14 heavy (non-hydrogen) atoms. The van der Waals surface area contributed by atoms with Crippen molar-refractivity contribution in [3.05, 3.63) is 33.7 Å². The van der Waals surface area contributed by atoms with Crippen LogP contribution in [0.1, 0.15) is 5.01 Å². The van der Waals surface area contributed by atoms with Crippen LogP contribution in [0.2, 0.25) is 0 Å². The van der Waals surface area contributed by atoms with Gasteiger partial charge in [-0.2, -0.15) is 0 Å². The Morgan fingerprint density at radius 2 is 2.36 bits per heavy atom. The van der Waals surface area contributed by atoms with Gasteiger partial charge in [-0.3, -0.25) is 4.79 Å². The smallest absolute Gasteiger partial charge is 0.248 e. The van der Waals surface area contributed by atoms with Crippen LogP contribution in [0.3, 0.4) is 0 Å². The molecule has 0 saturated carbocycles. The number of nitrogens with two attached hydrogens (primary N) is 1. The van der Waals surface area contributed by atoms with Gasteiger partial charge in [0.25, 0.3) is 0 Å². The minimum atomic E-state index is -0.146. The van der Waals surface area contributed by atoms with Crippen LogP contribution in [-0.2, 0) is 6.54 Å². The Balaban J connectivity index is 2.44. The molecule has 3 N–H and O–H groups in total. The lowest BCUT2D eigenvalue weighted by molar-refractivity contribution is 0.960. The molecule has 72 valence electrons. The first-order valence-corrected chi connectivity index (χ1v) is 4.83. The van der Waals surface area contributed by atoms with Crippen molar-refractivity contribution in [1.82, 2.24) is 15.2 Å². The number of nitrogens with zero attached hydrogens (tertiary/aromatic N) is 2. The van der Waals surface area contributed by atoms with E-state index in [1.54, 1.807) is 12.3 Å². The van der Waals surface area contributed by atoms with Crippen LogP contribution >= 0.6 is 11.3 Å². The summed E-state index contributed by atoms with van der Waals surface area (Å²) in [6, 6.07) is 3.27. The van der Waals surface area contributed by atoms with Crippen molar-refractivity contribution in [3.63, 3.8) is 0 Å². The van der Waals surface area contributed by atoms with Crippen LogP contribution in [0.4, 0.5) is 0 Å². The predicted octanol–water partition coefficient (Wildman–Crippen LogP) is 0.352. The van der Waals surface area contributed by atoms with Gasteiger partial charge in [0.1, 0.15) is 10.0 Å². The molecule has 0 amide bonds. The first-order chi connectivity index (χ1) is 6.79. The van der Waals surface area contributed by atoms with E-state index < -0.39 is 0 Å². The number of hydrogen-bond donors (Lipinski definition) is 2. The van der Waals surface area contributed by atoms with Crippen LogP contribution < -0.4 is 11.3 Å². The number of aromatic nitrogens is 3. The Hall–Kier alpha value is -1.53. The standard InChI is InChI=1S/C8H8N4OS/c9-4-7-11-12-8(14-7)5-1-2-10-6(13)3-5/h1-3H,4,9H2,(H,10,13). The Morgan fingerprint density at radius 3 is 3.00 bits per heavy atom. The van der Waals surface area contributed by atoms with Crippen molar-refractivity contribution in [3.8, 4) is 10.6 Å². The summed E-state index contributed by atoms with van der Waals surface area (Å²) in [5.74, 6) is 0. The monoisotopic (exact) mass is 208 g/mol. The summed E-state index contributed by atoms with van der Waals surface area (Å²) in [6.45, 7) is 0.376. The van der Waals surface area contributed by atoms with Gasteiger partial charge < -0.3 is 10.7 Å². The fraction of sp³-hybridized carbons (Fsp3) is 0.125. The molecular formula is C8H8N4OS. The fourth-order valence-electron chi connectivity index (χ4n) is 1.03. The van der Waals surface area contributed by atoms with Crippen molar-refractivity contribution in [2.45, 2.75) is 6.54 Å². The summed E-state index contributed by atoms with van der Waals surface area (Å²) in [5.41, 5.74) is 6.03. The highest BCUT2D eigenvalue weighted by molar-refractivity contribution is 7.14. The van der Waals surface area contributed by atoms with Crippen molar-refractivity contribution < 1.29 is 0 Å². The molecule has 0 aliphatic rings. The molecule has 0 spiro atoms. The summed E-state index contributed by atoms with van der Waals surface area (Å²) < 4.78 is 0. The van der Waals surface area contributed by atoms with Crippen molar-refractivity contribution in [2.75, 3.05) is 0 Å². The summed E-state index contributed by atoms with van der Waals surface area (Å²) in [7, 11) is 0. The highest BCUT2D eigenvalue weighted by Gasteiger charge is 2.05. The molecule has 0 aliphatic heterocycles. The van der Waals surface area contributed by atoms with Crippen LogP contribution in [-0.4, -0.2) is 15.2 Å². The molecule has 2 aromatic rings. The number of pyridine rings is 1. The topological polar surface area (TPSA) is 84.7 Å². The average molecular weight is 208 g/mol. The minimum absolute atomic E-state index is 0.146. The number of aromatic amines is 1. The molecule has 2 aromatic heterocycles. The molecule has 6 heteroatoms. The largest absolute Gasteiger partial charge is 0.329 e. The van der Waals surface area contributed by atoms with E-state index in [2.05, 4.69) is 15.2 Å². The third kappa shape index (κ3) is 1.70.